The summed E-state index contributed by atoms with van der Waals surface area (Å²) >= 11 is 9.90. The highest BCUT2D eigenvalue weighted by molar-refractivity contribution is 9.10. The molecule has 3 aromatic heterocycles. The van der Waals surface area contributed by atoms with Gasteiger partial charge in [0, 0.05) is 43.3 Å². The topological polar surface area (TPSA) is 81.4 Å². The van der Waals surface area contributed by atoms with Crippen LogP contribution in [0.25, 0.3) is 21.8 Å². The number of aryl methyl sites for hydroxylation is 1. The van der Waals surface area contributed by atoms with Gasteiger partial charge >= 0.3 is 0 Å². The molecule has 4 heterocycles. The normalized spacial score (nSPS) is 12.6. The highest BCUT2D eigenvalue weighted by Crippen LogP contribution is 2.42. The first kappa shape index (κ1) is 30.2. The first-order chi connectivity index (χ1) is 22.3. The number of ether oxygens (including phenoxy) is 2. The highest BCUT2D eigenvalue weighted by Gasteiger charge is 2.29. The number of nitrogens with zero attached hydrogens (tertiary/aromatic N) is 7. The number of benzene rings is 3. The average molecular weight is 703 g/mol. The summed E-state index contributed by atoms with van der Waals surface area (Å²) in [6, 6.07) is 20.1. The molecule has 0 radical (unpaired) electrons. The predicted octanol–water partition coefficient (Wildman–Crippen LogP) is 7.48. The van der Waals surface area contributed by atoms with Crippen LogP contribution in [0.4, 0.5) is 16.0 Å². The molecule has 1 aliphatic rings. The van der Waals surface area contributed by atoms with Crippen molar-refractivity contribution < 1.29 is 13.9 Å². The van der Waals surface area contributed by atoms with Gasteiger partial charge in [-0.1, -0.05) is 30.3 Å². The first-order valence-corrected chi connectivity index (χ1v) is 15.9. The minimum absolute atomic E-state index is 0.0191. The standard InChI is InChI=1S/C34H30BrClFN7O2/c1-20-26-28(35)29(37)30-27-31(26)44(41-20)16-15-42(33(27)40-34(36)39-30)19-23-5-4-14-38-32(23)43(17-21-6-10-24(45-2)11-7-21)18-22-8-12-25(46-3)13-9-22/h4-14H,15-19H2,1-3H3. The van der Waals surface area contributed by atoms with Crippen molar-refractivity contribution in [3.05, 3.63) is 105 Å². The largest absolute Gasteiger partial charge is 0.497 e. The molecule has 0 aliphatic carbocycles. The number of methoxy groups -OCH3 is 2. The van der Waals surface area contributed by atoms with E-state index in [1.807, 2.05) is 48.1 Å². The van der Waals surface area contributed by atoms with Crippen LogP contribution < -0.4 is 19.3 Å². The summed E-state index contributed by atoms with van der Waals surface area (Å²) in [4.78, 5) is 18.3. The maximum absolute atomic E-state index is 15.8. The molecule has 0 N–H and O–H groups in total. The smallest absolute Gasteiger partial charge is 0.225 e. The Morgan fingerprint density at radius 1 is 0.913 bits per heavy atom. The fourth-order valence-corrected chi connectivity index (χ4v) is 6.96. The zero-order chi connectivity index (χ0) is 31.9. The Morgan fingerprint density at radius 3 is 2.20 bits per heavy atom. The molecular formula is C34H30BrClFN7O2. The summed E-state index contributed by atoms with van der Waals surface area (Å²) in [7, 11) is 3.32. The van der Waals surface area contributed by atoms with E-state index in [1.165, 1.54) is 0 Å². The van der Waals surface area contributed by atoms with E-state index in [4.69, 9.17) is 31.2 Å². The molecule has 46 heavy (non-hydrogen) atoms. The minimum Gasteiger partial charge on any atom is -0.497 e. The maximum Gasteiger partial charge on any atom is 0.225 e. The van der Waals surface area contributed by atoms with Gasteiger partial charge in [0.25, 0.3) is 0 Å². The van der Waals surface area contributed by atoms with Gasteiger partial charge in [-0.05, 0) is 75.9 Å². The van der Waals surface area contributed by atoms with Crippen molar-refractivity contribution in [1.82, 2.24) is 24.7 Å². The molecule has 0 saturated carbocycles. The van der Waals surface area contributed by atoms with Crippen LogP contribution in [0, 0.1) is 12.7 Å². The van der Waals surface area contributed by atoms with Crippen LogP contribution in [0.15, 0.2) is 71.3 Å². The van der Waals surface area contributed by atoms with Crippen LogP contribution in [0.2, 0.25) is 5.28 Å². The van der Waals surface area contributed by atoms with E-state index in [2.05, 4.69) is 66.0 Å². The van der Waals surface area contributed by atoms with Gasteiger partial charge in [0.1, 0.15) is 28.7 Å². The predicted molar refractivity (Wildman–Crippen MR) is 181 cm³/mol. The van der Waals surface area contributed by atoms with Gasteiger partial charge in [0.15, 0.2) is 5.82 Å². The Hall–Kier alpha value is -4.48. The van der Waals surface area contributed by atoms with E-state index < -0.39 is 5.82 Å². The van der Waals surface area contributed by atoms with E-state index >= 15 is 4.39 Å². The van der Waals surface area contributed by atoms with Crippen LogP contribution in [0.5, 0.6) is 11.5 Å². The van der Waals surface area contributed by atoms with Crippen molar-refractivity contribution in [2.75, 3.05) is 30.6 Å². The van der Waals surface area contributed by atoms with E-state index in [0.717, 1.165) is 45.2 Å². The van der Waals surface area contributed by atoms with Crippen molar-refractivity contribution in [3.8, 4) is 11.5 Å². The molecule has 9 nitrogen and oxygen atoms in total. The Labute approximate surface area is 278 Å². The average Bonchev–Trinajstić information content (AvgIpc) is 3.33. The van der Waals surface area contributed by atoms with E-state index in [1.54, 1.807) is 14.2 Å². The molecule has 0 saturated heterocycles. The van der Waals surface area contributed by atoms with Gasteiger partial charge in [-0.2, -0.15) is 10.1 Å². The summed E-state index contributed by atoms with van der Waals surface area (Å²) < 4.78 is 28.8. The molecule has 0 unspecified atom stereocenters. The second-order valence-corrected chi connectivity index (χ2v) is 12.3. The van der Waals surface area contributed by atoms with Crippen molar-refractivity contribution >= 4 is 61.0 Å². The third-order valence-corrected chi connectivity index (χ3v) is 9.24. The summed E-state index contributed by atoms with van der Waals surface area (Å²) in [5, 5.41) is 6.05. The van der Waals surface area contributed by atoms with Crippen LogP contribution in [-0.4, -0.2) is 45.5 Å². The monoisotopic (exact) mass is 701 g/mol. The van der Waals surface area contributed by atoms with Gasteiger partial charge in [0.2, 0.25) is 5.28 Å². The number of rotatable bonds is 9. The van der Waals surface area contributed by atoms with Gasteiger partial charge < -0.3 is 19.3 Å². The quantitative estimate of drug-likeness (QED) is 0.144. The zero-order valence-corrected chi connectivity index (χ0v) is 27.8. The van der Waals surface area contributed by atoms with E-state index in [0.29, 0.717) is 53.8 Å². The maximum atomic E-state index is 15.8. The lowest BCUT2D eigenvalue weighted by atomic mass is 10.1. The second-order valence-electron chi connectivity index (χ2n) is 11.2. The Kier molecular flexibility index (Phi) is 8.12. The van der Waals surface area contributed by atoms with Crippen molar-refractivity contribution in [2.45, 2.75) is 33.1 Å². The third kappa shape index (κ3) is 5.47. The van der Waals surface area contributed by atoms with E-state index in [-0.39, 0.29) is 10.8 Å². The fraction of sp³-hybridized carbons (Fsp3) is 0.235. The highest BCUT2D eigenvalue weighted by atomic mass is 79.9. The Balaban J connectivity index is 1.31. The lowest BCUT2D eigenvalue weighted by molar-refractivity contribution is 0.414. The molecule has 234 valence electrons. The molecule has 3 aromatic carbocycles. The number of pyridine rings is 1. The fourth-order valence-electron chi connectivity index (χ4n) is 6.13. The molecule has 6 aromatic rings. The minimum atomic E-state index is -0.482. The molecule has 0 bridgehead atoms. The van der Waals surface area contributed by atoms with E-state index in [9.17, 15) is 0 Å². The molecule has 0 fully saturated rings. The Bertz CT molecular complexity index is 2020. The SMILES string of the molecule is COc1ccc(CN(Cc2ccc(OC)cc2)c2ncccc2CN2CCn3nc(C)c4c(Br)c(F)c5nc(Cl)nc2c5c43)cc1. The van der Waals surface area contributed by atoms with Crippen LogP contribution in [0.1, 0.15) is 22.4 Å². The number of anilines is 2. The lowest BCUT2D eigenvalue weighted by Crippen LogP contribution is -2.30. The van der Waals surface area contributed by atoms with Crippen LogP contribution >= 0.6 is 27.5 Å². The van der Waals surface area contributed by atoms with Gasteiger partial charge in [0.05, 0.1) is 41.8 Å². The van der Waals surface area contributed by atoms with Crippen molar-refractivity contribution in [3.63, 3.8) is 0 Å². The van der Waals surface area contributed by atoms with Crippen LogP contribution in [-0.2, 0) is 26.2 Å². The third-order valence-electron chi connectivity index (χ3n) is 8.32. The molecular weight excluding hydrogens is 673 g/mol. The Morgan fingerprint density at radius 2 is 1.57 bits per heavy atom. The number of hydrogen-bond donors (Lipinski definition) is 0. The van der Waals surface area contributed by atoms with Crippen molar-refractivity contribution in [2.24, 2.45) is 0 Å². The summed E-state index contributed by atoms with van der Waals surface area (Å²) in [6.45, 7) is 4.69. The van der Waals surface area contributed by atoms with Crippen LogP contribution in [0.3, 0.4) is 0 Å². The number of aromatic nitrogens is 5. The lowest BCUT2D eigenvalue weighted by Gasteiger charge is -2.29. The molecule has 0 atom stereocenters. The number of hydrogen-bond acceptors (Lipinski definition) is 8. The number of halogens is 3. The molecule has 12 heteroatoms. The summed E-state index contributed by atoms with van der Waals surface area (Å²) in [6.07, 6.45) is 1.81. The van der Waals surface area contributed by atoms with Gasteiger partial charge in [-0.3, -0.25) is 4.68 Å². The summed E-state index contributed by atoms with van der Waals surface area (Å²) in [5.41, 5.74) is 4.89. The van der Waals surface area contributed by atoms with Gasteiger partial charge in [-0.25, -0.2) is 14.4 Å². The molecule has 1 aliphatic heterocycles. The first-order valence-electron chi connectivity index (χ1n) is 14.8. The summed E-state index contributed by atoms with van der Waals surface area (Å²) in [5.74, 6) is 2.51. The zero-order valence-electron chi connectivity index (χ0n) is 25.5. The second kappa shape index (κ2) is 12.4. The van der Waals surface area contributed by atoms with Crippen molar-refractivity contribution in [1.29, 1.82) is 0 Å². The molecule has 0 amide bonds. The molecule has 7 rings (SSSR count). The molecule has 0 spiro atoms. The van der Waals surface area contributed by atoms with Gasteiger partial charge in [-0.15, -0.1) is 0 Å².